The SMILES string of the molecule is C[C@H]1C(=O)Nc2ccc(C(=O)COC(=O)c3ccc[nH]3)cc21. The number of ketones is 1. The van der Waals surface area contributed by atoms with Crippen molar-refractivity contribution >= 4 is 23.3 Å². The summed E-state index contributed by atoms with van der Waals surface area (Å²) in [5.74, 6) is -1.26. The zero-order valence-corrected chi connectivity index (χ0v) is 11.9. The van der Waals surface area contributed by atoms with E-state index >= 15 is 0 Å². The Morgan fingerprint density at radius 3 is 2.82 bits per heavy atom. The number of carbonyl (C=O) groups is 3. The summed E-state index contributed by atoms with van der Waals surface area (Å²) in [5.41, 5.74) is 2.22. The molecular weight excluding hydrogens is 284 g/mol. The van der Waals surface area contributed by atoms with Gasteiger partial charge in [0.2, 0.25) is 5.91 Å². The number of aromatic nitrogens is 1. The fraction of sp³-hybridized carbons (Fsp3) is 0.188. The molecule has 0 bridgehead atoms. The van der Waals surface area contributed by atoms with Crippen molar-refractivity contribution in [1.82, 2.24) is 4.98 Å². The van der Waals surface area contributed by atoms with Crippen molar-refractivity contribution in [2.45, 2.75) is 12.8 Å². The minimum Gasteiger partial charge on any atom is -0.453 e. The number of fused-ring (bicyclic) bond motifs is 1. The lowest BCUT2D eigenvalue weighted by molar-refractivity contribution is -0.116. The molecule has 0 saturated heterocycles. The van der Waals surface area contributed by atoms with Crippen LogP contribution < -0.4 is 5.32 Å². The quantitative estimate of drug-likeness (QED) is 0.668. The molecule has 1 aromatic heterocycles. The van der Waals surface area contributed by atoms with Gasteiger partial charge in [-0.25, -0.2) is 4.79 Å². The molecule has 6 heteroatoms. The molecule has 1 atom stereocenters. The predicted octanol–water partition coefficient (Wildman–Crippen LogP) is 2.11. The second-order valence-electron chi connectivity index (χ2n) is 5.10. The van der Waals surface area contributed by atoms with Crippen LogP contribution in [-0.4, -0.2) is 29.3 Å². The lowest BCUT2D eigenvalue weighted by atomic mass is 9.99. The van der Waals surface area contributed by atoms with E-state index in [1.54, 1.807) is 43.5 Å². The van der Waals surface area contributed by atoms with E-state index in [-0.39, 0.29) is 24.2 Å². The second-order valence-corrected chi connectivity index (χ2v) is 5.10. The summed E-state index contributed by atoms with van der Waals surface area (Å²) in [6.45, 7) is 1.44. The second kappa shape index (κ2) is 5.48. The van der Waals surface area contributed by atoms with Gasteiger partial charge in [0.05, 0.1) is 5.92 Å². The number of aromatic amines is 1. The lowest BCUT2D eigenvalue weighted by Crippen LogP contribution is -2.14. The van der Waals surface area contributed by atoms with Crippen LogP contribution in [0.4, 0.5) is 5.69 Å². The fourth-order valence-corrected chi connectivity index (χ4v) is 2.34. The van der Waals surface area contributed by atoms with Crippen molar-refractivity contribution in [3.8, 4) is 0 Å². The Bertz CT molecular complexity index is 750. The van der Waals surface area contributed by atoms with Gasteiger partial charge in [-0.2, -0.15) is 0 Å². The largest absolute Gasteiger partial charge is 0.453 e. The number of rotatable bonds is 4. The number of Topliss-reactive ketones (excluding diaryl/α,β-unsaturated/α-hetero) is 1. The van der Waals surface area contributed by atoms with Crippen LogP contribution in [-0.2, 0) is 9.53 Å². The van der Waals surface area contributed by atoms with Gasteiger partial charge >= 0.3 is 5.97 Å². The molecule has 0 fully saturated rings. The summed E-state index contributed by atoms with van der Waals surface area (Å²) in [5, 5.41) is 2.74. The molecule has 2 aromatic rings. The number of amides is 1. The number of hydrogen-bond acceptors (Lipinski definition) is 4. The summed E-state index contributed by atoms with van der Waals surface area (Å²) in [6, 6.07) is 8.22. The van der Waals surface area contributed by atoms with Gasteiger partial charge in [-0.05, 0) is 42.8 Å². The molecular formula is C16H14N2O4. The van der Waals surface area contributed by atoms with Crippen molar-refractivity contribution in [1.29, 1.82) is 0 Å². The van der Waals surface area contributed by atoms with Crippen LogP contribution in [0.1, 0.15) is 39.3 Å². The first-order chi connectivity index (χ1) is 10.6. The fourth-order valence-electron chi connectivity index (χ4n) is 2.34. The van der Waals surface area contributed by atoms with Crippen LogP contribution in [0.2, 0.25) is 0 Å². The average Bonchev–Trinajstić information content (AvgIpc) is 3.14. The van der Waals surface area contributed by atoms with Crippen LogP contribution in [0, 0.1) is 0 Å². The van der Waals surface area contributed by atoms with Crippen molar-refractivity contribution in [3.63, 3.8) is 0 Å². The van der Waals surface area contributed by atoms with E-state index in [1.807, 2.05) is 0 Å². The third-order valence-electron chi connectivity index (χ3n) is 3.64. The molecule has 0 aliphatic carbocycles. The first-order valence-electron chi connectivity index (χ1n) is 6.85. The van der Waals surface area contributed by atoms with Gasteiger partial charge in [-0.15, -0.1) is 0 Å². The molecule has 0 saturated carbocycles. The van der Waals surface area contributed by atoms with Gasteiger partial charge in [0, 0.05) is 17.4 Å². The number of ether oxygens (including phenoxy) is 1. The van der Waals surface area contributed by atoms with E-state index in [1.165, 1.54) is 0 Å². The third-order valence-corrected chi connectivity index (χ3v) is 3.64. The third kappa shape index (κ3) is 2.50. The summed E-state index contributed by atoms with van der Waals surface area (Å²) in [6.07, 6.45) is 1.60. The Labute approximate surface area is 126 Å². The number of benzene rings is 1. The molecule has 112 valence electrons. The topological polar surface area (TPSA) is 88.3 Å². The van der Waals surface area contributed by atoms with E-state index < -0.39 is 5.97 Å². The molecule has 6 nitrogen and oxygen atoms in total. The first kappa shape index (κ1) is 14.1. The minimum absolute atomic E-state index is 0.0854. The Balaban J connectivity index is 1.69. The molecule has 1 aliphatic heterocycles. The highest BCUT2D eigenvalue weighted by atomic mass is 16.5. The van der Waals surface area contributed by atoms with E-state index in [0.29, 0.717) is 11.3 Å². The Morgan fingerprint density at radius 1 is 1.27 bits per heavy atom. The van der Waals surface area contributed by atoms with Crippen LogP contribution in [0.3, 0.4) is 0 Å². The summed E-state index contributed by atoms with van der Waals surface area (Å²) in [7, 11) is 0. The van der Waals surface area contributed by atoms with Crippen molar-refractivity contribution in [2.75, 3.05) is 11.9 Å². The van der Waals surface area contributed by atoms with Gasteiger partial charge in [0.15, 0.2) is 12.4 Å². The highest BCUT2D eigenvalue weighted by Crippen LogP contribution is 2.32. The van der Waals surface area contributed by atoms with Crippen molar-refractivity contribution in [3.05, 3.63) is 53.3 Å². The van der Waals surface area contributed by atoms with Crippen molar-refractivity contribution < 1.29 is 19.1 Å². The number of esters is 1. The molecule has 1 amide bonds. The molecule has 0 unspecified atom stereocenters. The van der Waals surface area contributed by atoms with Gasteiger partial charge in [-0.3, -0.25) is 9.59 Å². The summed E-state index contributed by atoms with van der Waals surface area (Å²) in [4.78, 5) is 38.1. The number of H-pyrrole nitrogens is 1. The molecule has 0 spiro atoms. The summed E-state index contributed by atoms with van der Waals surface area (Å²) < 4.78 is 4.97. The number of carbonyl (C=O) groups excluding carboxylic acids is 3. The van der Waals surface area contributed by atoms with Gasteiger partial charge in [0.1, 0.15) is 5.69 Å². The predicted molar refractivity (Wildman–Crippen MR) is 78.9 cm³/mol. The van der Waals surface area contributed by atoms with E-state index in [0.717, 1.165) is 11.3 Å². The first-order valence-corrected chi connectivity index (χ1v) is 6.85. The van der Waals surface area contributed by atoms with E-state index in [9.17, 15) is 14.4 Å². The highest BCUT2D eigenvalue weighted by molar-refractivity contribution is 6.05. The van der Waals surface area contributed by atoms with E-state index in [4.69, 9.17) is 4.74 Å². The molecule has 22 heavy (non-hydrogen) atoms. The molecule has 2 N–H and O–H groups in total. The monoisotopic (exact) mass is 298 g/mol. The van der Waals surface area contributed by atoms with Crippen LogP contribution >= 0.6 is 0 Å². The maximum absolute atomic E-state index is 12.1. The standard InChI is InChI=1S/C16H14N2O4/c1-9-11-7-10(4-5-12(11)18-15(9)20)14(19)8-22-16(21)13-3-2-6-17-13/h2-7,9,17H,8H2,1H3,(H,18,20)/t9-/m1/s1. The normalized spacial score (nSPS) is 16.0. The number of anilines is 1. The van der Waals surface area contributed by atoms with Crippen molar-refractivity contribution in [2.24, 2.45) is 0 Å². The molecule has 1 aliphatic rings. The molecule has 0 radical (unpaired) electrons. The number of nitrogens with one attached hydrogen (secondary N) is 2. The zero-order valence-electron chi connectivity index (χ0n) is 11.9. The van der Waals surface area contributed by atoms with Crippen LogP contribution in [0.25, 0.3) is 0 Å². The van der Waals surface area contributed by atoms with Crippen LogP contribution in [0.5, 0.6) is 0 Å². The molecule has 3 rings (SSSR count). The van der Waals surface area contributed by atoms with E-state index in [2.05, 4.69) is 10.3 Å². The lowest BCUT2D eigenvalue weighted by Gasteiger charge is -2.06. The minimum atomic E-state index is -0.579. The summed E-state index contributed by atoms with van der Waals surface area (Å²) >= 11 is 0. The molecule has 2 heterocycles. The van der Waals surface area contributed by atoms with Gasteiger partial charge in [0.25, 0.3) is 0 Å². The van der Waals surface area contributed by atoms with Gasteiger partial charge in [-0.1, -0.05) is 0 Å². The Kier molecular flexibility index (Phi) is 3.50. The smallest absolute Gasteiger partial charge is 0.355 e. The highest BCUT2D eigenvalue weighted by Gasteiger charge is 2.27. The van der Waals surface area contributed by atoms with Gasteiger partial charge < -0.3 is 15.0 Å². The van der Waals surface area contributed by atoms with Crippen LogP contribution in [0.15, 0.2) is 36.5 Å². The maximum atomic E-state index is 12.1. The Morgan fingerprint density at radius 2 is 2.09 bits per heavy atom. The number of hydrogen-bond donors (Lipinski definition) is 2. The average molecular weight is 298 g/mol. The molecule has 1 aromatic carbocycles. The maximum Gasteiger partial charge on any atom is 0.355 e. The Hall–Kier alpha value is -2.89. The zero-order chi connectivity index (χ0) is 15.7.